The number of hydrogen-bond acceptors (Lipinski definition) is 3. The number of nitrogens with zero attached hydrogens (tertiary/aromatic N) is 1. The normalized spacial score (nSPS) is 22.2. The molecular weight excluding hydrogens is 357 g/mol. The van der Waals surface area contributed by atoms with Crippen molar-refractivity contribution in [1.82, 2.24) is 4.90 Å². The number of rotatable bonds is 3. The van der Waals surface area contributed by atoms with E-state index in [4.69, 9.17) is 0 Å². The molecule has 1 saturated heterocycles. The van der Waals surface area contributed by atoms with Crippen molar-refractivity contribution in [3.63, 3.8) is 0 Å². The van der Waals surface area contributed by atoms with Gasteiger partial charge in [0.05, 0.1) is 11.6 Å². The van der Waals surface area contributed by atoms with E-state index in [9.17, 15) is 19.1 Å². The SMILES string of the molecule is Cc1ccc(/C(O)=C2/C(=O)C(=O)N(C3CCCC3)C2c2ccccc2F)cc1. The minimum Gasteiger partial charge on any atom is -0.507 e. The number of halogens is 1. The Morgan fingerprint density at radius 3 is 2.32 bits per heavy atom. The molecule has 1 amide bonds. The van der Waals surface area contributed by atoms with E-state index in [-0.39, 0.29) is 22.9 Å². The molecule has 5 heteroatoms. The molecule has 1 unspecified atom stereocenters. The number of amides is 1. The van der Waals surface area contributed by atoms with Crippen LogP contribution in [0, 0.1) is 12.7 Å². The Kier molecular flexibility index (Phi) is 4.75. The first-order valence-electron chi connectivity index (χ1n) is 9.60. The number of benzene rings is 2. The highest BCUT2D eigenvalue weighted by atomic mass is 19.1. The Hall–Kier alpha value is -2.95. The Balaban J connectivity index is 1.91. The maximum Gasteiger partial charge on any atom is 0.295 e. The van der Waals surface area contributed by atoms with Crippen LogP contribution in [0.5, 0.6) is 0 Å². The second-order valence-electron chi connectivity index (χ2n) is 7.53. The number of aliphatic hydroxyl groups excluding tert-OH is 1. The molecule has 1 atom stereocenters. The second-order valence-corrected chi connectivity index (χ2v) is 7.53. The summed E-state index contributed by atoms with van der Waals surface area (Å²) in [5.74, 6) is -2.16. The fraction of sp³-hybridized carbons (Fsp3) is 0.304. The summed E-state index contributed by atoms with van der Waals surface area (Å²) in [7, 11) is 0. The highest BCUT2D eigenvalue weighted by Crippen LogP contribution is 2.44. The molecule has 2 aromatic rings. The Morgan fingerprint density at radius 2 is 1.68 bits per heavy atom. The zero-order chi connectivity index (χ0) is 19.8. The van der Waals surface area contributed by atoms with Gasteiger partial charge in [-0.25, -0.2) is 4.39 Å². The largest absolute Gasteiger partial charge is 0.507 e. The van der Waals surface area contributed by atoms with E-state index in [0.717, 1.165) is 31.2 Å². The van der Waals surface area contributed by atoms with Gasteiger partial charge in [-0.1, -0.05) is 60.9 Å². The van der Waals surface area contributed by atoms with Crippen molar-refractivity contribution in [1.29, 1.82) is 0 Å². The maximum atomic E-state index is 14.7. The topological polar surface area (TPSA) is 57.6 Å². The summed E-state index contributed by atoms with van der Waals surface area (Å²) in [4.78, 5) is 27.3. The van der Waals surface area contributed by atoms with Crippen molar-refractivity contribution < 1.29 is 19.1 Å². The molecule has 1 aliphatic heterocycles. The van der Waals surface area contributed by atoms with E-state index >= 15 is 0 Å². The van der Waals surface area contributed by atoms with Gasteiger partial charge in [0.15, 0.2) is 0 Å². The molecule has 1 heterocycles. The van der Waals surface area contributed by atoms with Crippen LogP contribution in [0.1, 0.15) is 48.4 Å². The molecule has 1 N–H and O–H groups in total. The number of aliphatic hydroxyl groups is 1. The van der Waals surface area contributed by atoms with Crippen molar-refractivity contribution in [2.24, 2.45) is 0 Å². The number of carbonyl (C=O) groups is 2. The van der Waals surface area contributed by atoms with Crippen LogP contribution in [0.4, 0.5) is 4.39 Å². The van der Waals surface area contributed by atoms with E-state index in [1.165, 1.54) is 11.0 Å². The van der Waals surface area contributed by atoms with Crippen LogP contribution in [-0.2, 0) is 9.59 Å². The minimum absolute atomic E-state index is 0.0362. The van der Waals surface area contributed by atoms with Gasteiger partial charge in [0.1, 0.15) is 11.6 Å². The number of carbonyl (C=O) groups excluding carboxylic acids is 2. The van der Waals surface area contributed by atoms with Crippen molar-refractivity contribution in [3.8, 4) is 0 Å². The average molecular weight is 379 g/mol. The minimum atomic E-state index is -0.911. The average Bonchev–Trinajstić information content (AvgIpc) is 3.30. The van der Waals surface area contributed by atoms with Crippen LogP contribution in [0.2, 0.25) is 0 Å². The molecule has 2 aliphatic rings. The van der Waals surface area contributed by atoms with Crippen LogP contribution < -0.4 is 0 Å². The summed E-state index contributed by atoms with van der Waals surface area (Å²) < 4.78 is 14.7. The summed E-state index contributed by atoms with van der Waals surface area (Å²) in [6, 6.07) is 12.2. The van der Waals surface area contributed by atoms with Gasteiger partial charge in [0.2, 0.25) is 0 Å². The second kappa shape index (κ2) is 7.23. The monoisotopic (exact) mass is 379 g/mol. The van der Waals surface area contributed by atoms with Crippen molar-refractivity contribution in [2.75, 3.05) is 0 Å². The van der Waals surface area contributed by atoms with Gasteiger partial charge in [-0.2, -0.15) is 0 Å². The highest BCUT2D eigenvalue weighted by molar-refractivity contribution is 6.46. The lowest BCUT2D eigenvalue weighted by Crippen LogP contribution is -2.38. The molecule has 2 aromatic carbocycles. The molecule has 1 saturated carbocycles. The molecule has 1 aliphatic carbocycles. The van der Waals surface area contributed by atoms with Gasteiger partial charge in [-0.15, -0.1) is 0 Å². The smallest absolute Gasteiger partial charge is 0.295 e. The molecule has 4 rings (SSSR count). The molecule has 0 spiro atoms. The third-order valence-electron chi connectivity index (χ3n) is 5.72. The molecular formula is C23H22FNO3. The first-order chi connectivity index (χ1) is 13.5. The van der Waals surface area contributed by atoms with Gasteiger partial charge in [-0.05, 0) is 25.8 Å². The fourth-order valence-corrected chi connectivity index (χ4v) is 4.28. The number of ketones is 1. The van der Waals surface area contributed by atoms with E-state index < -0.39 is 23.5 Å². The fourth-order valence-electron chi connectivity index (χ4n) is 4.28. The zero-order valence-corrected chi connectivity index (χ0v) is 15.7. The van der Waals surface area contributed by atoms with Crippen LogP contribution in [0.25, 0.3) is 5.76 Å². The number of hydrogen-bond donors (Lipinski definition) is 1. The Bertz CT molecular complexity index is 958. The molecule has 0 bridgehead atoms. The van der Waals surface area contributed by atoms with E-state index in [1.807, 2.05) is 19.1 Å². The standard InChI is InChI=1S/C23H22FNO3/c1-14-10-12-15(13-11-14)21(26)19-20(17-8-4-5-9-18(17)24)25(23(28)22(19)27)16-6-2-3-7-16/h4-5,8-13,16,20,26H,2-3,6-7H2,1H3/b21-19-. The lowest BCUT2D eigenvalue weighted by molar-refractivity contribution is -0.141. The van der Waals surface area contributed by atoms with Crippen LogP contribution in [0.3, 0.4) is 0 Å². The lowest BCUT2D eigenvalue weighted by Gasteiger charge is -2.30. The third kappa shape index (κ3) is 3.01. The summed E-state index contributed by atoms with van der Waals surface area (Å²) in [5.41, 5.74) is 1.65. The molecule has 0 radical (unpaired) electrons. The third-order valence-corrected chi connectivity index (χ3v) is 5.72. The lowest BCUT2D eigenvalue weighted by atomic mass is 9.94. The molecule has 4 nitrogen and oxygen atoms in total. The van der Waals surface area contributed by atoms with Crippen LogP contribution in [0.15, 0.2) is 54.1 Å². The predicted octanol–water partition coefficient (Wildman–Crippen LogP) is 4.50. The summed E-state index contributed by atoms with van der Waals surface area (Å²) in [6.07, 6.45) is 3.50. The van der Waals surface area contributed by atoms with Crippen LogP contribution in [-0.4, -0.2) is 27.7 Å². The number of Topliss-reactive ketones (excluding diaryl/α,β-unsaturated/α-hetero) is 1. The molecule has 2 fully saturated rings. The summed E-state index contributed by atoms with van der Waals surface area (Å²) in [5, 5.41) is 10.9. The van der Waals surface area contributed by atoms with Crippen LogP contribution >= 0.6 is 0 Å². The van der Waals surface area contributed by atoms with E-state index in [2.05, 4.69) is 0 Å². The summed E-state index contributed by atoms with van der Waals surface area (Å²) in [6.45, 7) is 1.92. The highest BCUT2D eigenvalue weighted by Gasteiger charge is 2.49. The van der Waals surface area contributed by atoms with Gasteiger partial charge in [0, 0.05) is 17.2 Å². The molecule has 28 heavy (non-hydrogen) atoms. The van der Waals surface area contributed by atoms with Gasteiger partial charge >= 0.3 is 0 Å². The number of likely N-dealkylation sites (tertiary alicyclic amines) is 1. The van der Waals surface area contributed by atoms with Crippen molar-refractivity contribution in [2.45, 2.75) is 44.7 Å². The van der Waals surface area contributed by atoms with Crippen molar-refractivity contribution in [3.05, 3.63) is 76.6 Å². The van der Waals surface area contributed by atoms with Gasteiger partial charge in [0.25, 0.3) is 11.7 Å². The molecule has 144 valence electrons. The first kappa shape index (κ1) is 18.4. The Labute approximate surface area is 163 Å². The van der Waals surface area contributed by atoms with Crippen molar-refractivity contribution >= 4 is 17.4 Å². The van der Waals surface area contributed by atoms with E-state index in [1.54, 1.807) is 30.3 Å². The first-order valence-corrected chi connectivity index (χ1v) is 9.60. The maximum absolute atomic E-state index is 14.7. The van der Waals surface area contributed by atoms with E-state index in [0.29, 0.717) is 5.56 Å². The summed E-state index contributed by atoms with van der Waals surface area (Å²) >= 11 is 0. The molecule has 0 aromatic heterocycles. The van der Waals surface area contributed by atoms with Gasteiger partial charge in [-0.3, -0.25) is 9.59 Å². The zero-order valence-electron chi connectivity index (χ0n) is 15.7. The number of aryl methyl sites for hydroxylation is 1. The Morgan fingerprint density at radius 1 is 1.04 bits per heavy atom. The predicted molar refractivity (Wildman–Crippen MR) is 104 cm³/mol. The van der Waals surface area contributed by atoms with Gasteiger partial charge < -0.3 is 10.0 Å². The quantitative estimate of drug-likeness (QED) is 0.485.